The second-order valence-corrected chi connectivity index (χ2v) is 6.36. The molecule has 0 aliphatic rings. The Hall–Kier alpha value is -2.22. The number of nitrogens with one attached hydrogen (secondary N) is 1. The van der Waals surface area contributed by atoms with Gasteiger partial charge in [0.2, 0.25) is 0 Å². The molecule has 0 radical (unpaired) electrons. The maximum Gasteiger partial charge on any atom is 0.291 e. The summed E-state index contributed by atoms with van der Waals surface area (Å²) in [6.07, 6.45) is 2.29. The number of ether oxygens (including phenoxy) is 2. The molecule has 7 nitrogen and oxygen atoms in total. The zero-order valence-corrected chi connectivity index (χ0v) is 16.8. The highest BCUT2D eigenvalue weighted by Gasteiger charge is 2.19. The largest absolute Gasteiger partial charge is 0.493 e. The lowest BCUT2D eigenvalue weighted by molar-refractivity contribution is 0.0950. The van der Waals surface area contributed by atoms with E-state index in [4.69, 9.17) is 50.0 Å². The minimum absolute atomic E-state index is 0.0143. The topological polar surface area (TPSA) is 98.8 Å². The van der Waals surface area contributed by atoms with E-state index in [9.17, 15) is 4.79 Å². The molecule has 3 N–H and O–H groups in total. The van der Waals surface area contributed by atoms with Crippen LogP contribution in [0.4, 0.5) is 5.69 Å². The third-order valence-corrected chi connectivity index (χ3v) is 4.45. The summed E-state index contributed by atoms with van der Waals surface area (Å²) in [5.41, 5.74) is 8.48. The molecule has 0 spiro atoms. The fraction of sp³-hybridized carbons (Fsp3) is 0.235. The Labute approximate surface area is 171 Å². The Kier molecular flexibility index (Phi) is 7.53. The van der Waals surface area contributed by atoms with Crippen molar-refractivity contribution in [2.24, 2.45) is 5.10 Å². The number of nitrogens with zero attached hydrogens (tertiary/aromatic N) is 2. The van der Waals surface area contributed by atoms with Gasteiger partial charge >= 0.3 is 0 Å². The summed E-state index contributed by atoms with van der Waals surface area (Å²) >= 11 is 17.6. The van der Waals surface area contributed by atoms with Gasteiger partial charge in [0.25, 0.3) is 5.91 Å². The smallest absolute Gasteiger partial charge is 0.291 e. The van der Waals surface area contributed by atoms with Gasteiger partial charge in [0.1, 0.15) is 5.02 Å². The van der Waals surface area contributed by atoms with Crippen molar-refractivity contribution in [1.82, 2.24) is 10.4 Å². The minimum atomic E-state index is -0.683. The molecule has 0 saturated carbocycles. The summed E-state index contributed by atoms with van der Waals surface area (Å²) in [4.78, 5) is 16.0. The monoisotopic (exact) mass is 430 g/mol. The van der Waals surface area contributed by atoms with Crippen LogP contribution in [-0.2, 0) is 0 Å². The van der Waals surface area contributed by atoms with Crippen LogP contribution in [0.25, 0.3) is 0 Å². The van der Waals surface area contributed by atoms with E-state index in [1.807, 2.05) is 6.92 Å². The van der Waals surface area contributed by atoms with Crippen LogP contribution in [0.3, 0.4) is 0 Å². The molecule has 1 aromatic carbocycles. The minimum Gasteiger partial charge on any atom is -0.493 e. The Bertz CT molecular complexity index is 875. The Morgan fingerprint density at radius 3 is 2.70 bits per heavy atom. The average Bonchev–Trinajstić information content (AvgIpc) is 2.67. The summed E-state index contributed by atoms with van der Waals surface area (Å²) in [5.74, 6) is 0.501. The van der Waals surface area contributed by atoms with Crippen LogP contribution >= 0.6 is 34.8 Å². The number of nitrogens with two attached hydrogens (primary N) is 1. The predicted octanol–water partition coefficient (Wildman–Crippen LogP) is 4.19. The lowest BCUT2D eigenvalue weighted by atomic mass is 10.2. The Morgan fingerprint density at radius 2 is 2.04 bits per heavy atom. The fourth-order valence-electron chi connectivity index (χ4n) is 2.00. The number of hydrazone groups is 1. The second kappa shape index (κ2) is 9.64. The van der Waals surface area contributed by atoms with Crippen LogP contribution in [0.1, 0.15) is 29.4 Å². The molecule has 1 aromatic heterocycles. The summed E-state index contributed by atoms with van der Waals surface area (Å²) in [5, 5.41) is 3.64. The fourth-order valence-corrected chi connectivity index (χ4v) is 2.59. The number of halogens is 3. The molecule has 1 heterocycles. The zero-order valence-electron chi connectivity index (χ0n) is 14.6. The first-order valence-electron chi connectivity index (χ1n) is 7.83. The van der Waals surface area contributed by atoms with Crippen LogP contribution in [0.2, 0.25) is 15.2 Å². The van der Waals surface area contributed by atoms with Gasteiger partial charge in [0, 0.05) is 0 Å². The number of anilines is 1. The number of hydrogen-bond donors (Lipinski definition) is 2. The van der Waals surface area contributed by atoms with Crippen LogP contribution < -0.4 is 20.6 Å². The van der Waals surface area contributed by atoms with Crippen molar-refractivity contribution in [3.05, 3.63) is 44.7 Å². The van der Waals surface area contributed by atoms with E-state index in [1.54, 1.807) is 25.3 Å². The number of hydrogen-bond acceptors (Lipinski definition) is 6. The molecule has 0 fully saturated rings. The van der Waals surface area contributed by atoms with Gasteiger partial charge in [-0.3, -0.25) is 4.79 Å². The van der Waals surface area contributed by atoms with Crippen LogP contribution in [0, 0.1) is 0 Å². The van der Waals surface area contributed by atoms with Crippen molar-refractivity contribution in [2.45, 2.75) is 13.3 Å². The van der Waals surface area contributed by atoms with Gasteiger partial charge in [-0.2, -0.15) is 5.10 Å². The normalized spacial score (nSPS) is 10.9. The molecule has 0 aliphatic heterocycles. The van der Waals surface area contributed by atoms with Gasteiger partial charge in [-0.25, -0.2) is 10.4 Å². The number of nitrogen functional groups attached to an aromatic ring is 1. The number of benzene rings is 1. The van der Waals surface area contributed by atoms with Crippen molar-refractivity contribution < 1.29 is 14.3 Å². The maximum absolute atomic E-state index is 12.2. The first-order chi connectivity index (χ1) is 12.9. The summed E-state index contributed by atoms with van der Waals surface area (Å²) < 4.78 is 10.9. The number of methoxy groups -OCH3 is 1. The first-order valence-corrected chi connectivity index (χ1v) is 8.96. The maximum atomic E-state index is 12.2. The van der Waals surface area contributed by atoms with E-state index in [0.29, 0.717) is 23.7 Å². The van der Waals surface area contributed by atoms with Gasteiger partial charge in [0.15, 0.2) is 22.3 Å². The SMILES string of the molecule is CCCOc1cc(/C=N/NC(=O)c2nc(Cl)c(Cl)c(N)c2Cl)ccc1OC. The van der Waals surface area contributed by atoms with Gasteiger partial charge in [-0.1, -0.05) is 41.7 Å². The number of rotatable bonds is 7. The Balaban J connectivity index is 2.14. The standard InChI is InChI=1S/C17H17Cl3N4O3/c1-3-6-27-11-7-9(4-5-10(11)26-2)8-22-24-17(25)15-12(18)14(21)13(19)16(20)23-15/h4-5,7-8H,3,6H2,1-2H3,(H2,21,23)(H,24,25)/b22-8+. The van der Waals surface area contributed by atoms with E-state index >= 15 is 0 Å². The molecule has 0 aliphatic carbocycles. The molecule has 27 heavy (non-hydrogen) atoms. The number of amides is 1. The van der Waals surface area contributed by atoms with Gasteiger partial charge in [0.05, 0.1) is 30.6 Å². The first kappa shape index (κ1) is 21.1. The molecule has 144 valence electrons. The van der Waals surface area contributed by atoms with Crippen LogP contribution in [0.5, 0.6) is 11.5 Å². The number of carbonyl (C=O) groups excluding carboxylic acids is 1. The summed E-state index contributed by atoms with van der Waals surface area (Å²) in [6, 6.07) is 5.24. The molecule has 2 rings (SSSR count). The van der Waals surface area contributed by atoms with Crippen molar-refractivity contribution in [3.63, 3.8) is 0 Å². The van der Waals surface area contributed by atoms with Crippen molar-refractivity contribution in [2.75, 3.05) is 19.5 Å². The third kappa shape index (κ3) is 5.15. The van der Waals surface area contributed by atoms with Gasteiger partial charge < -0.3 is 15.2 Å². The van der Waals surface area contributed by atoms with E-state index < -0.39 is 5.91 Å². The summed E-state index contributed by atoms with van der Waals surface area (Å²) in [6.45, 7) is 2.55. The number of carbonyl (C=O) groups is 1. The van der Waals surface area contributed by atoms with Crippen LogP contribution in [0.15, 0.2) is 23.3 Å². The lowest BCUT2D eigenvalue weighted by Gasteiger charge is -2.10. The second-order valence-electron chi connectivity index (χ2n) is 5.25. The summed E-state index contributed by atoms with van der Waals surface area (Å²) in [7, 11) is 1.56. The van der Waals surface area contributed by atoms with E-state index in [2.05, 4.69) is 15.5 Å². The zero-order chi connectivity index (χ0) is 20.0. The third-order valence-electron chi connectivity index (χ3n) is 3.32. The molecular formula is C17H17Cl3N4O3. The molecule has 1 amide bonds. The van der Waals surface area contributed by atoms with Crippen molar-refractivity contribution in [1.29, 1.82) is 0 Å². The Morgan fingerprint density at radius 1 is 1.30 bits per heavy atom. The van der Waals surface area contributed by atoms with Gasteiger partial charge in [-0.15, -0.1) is 0 Å². The van der Waals surface area contributed by atoms with E-state index in [1.165, 1.54) is 6.21 Å². The highest BCUT2D eigenvalue weighted by atomic mass is 35.5. The highest BCUT2D eigenvalue weighted by molar-refractivity contribution is 6.46. The van der Waals surface area contributed by atoms with E-state index in [-0.39, 0.29) is 26.6 Å². The molecule has 0 bridgehead atoms. The molecular weight excluding hydrogens is 415 g/mol. The van der Waals surface area contributed by atoms with Crippen molar-refractivity contribution in [3.8, 4) is 11.5 Å². The lowest BCUT2D eigenvalue weighted by Crippen LogP contribution is -2.20. The molecule has 10 heteroatoms. The van der Waals surface area contributed by atoms with Crippen molar-refractivity contribution >= 4 is 52.6 Å². The number of aromatic nitrogens is 1. The van der Waals surface area contributed by atoms with Crippen LogP contribution in [-0.4, -0.2) is 30.8 Å². The predicted molar refractivity (Wildman–Crippen MR) is 108 cm³/mol. The van der Waals surface area contributed by atoms with Gasteiger partial charge in [-0.05, 0) is 30.2 Å². The number of pyridine rings is 1. The molecule has 2 aromatic rings. The molecule has 0 unspecified atom stereocenters. The van der Waals surface area contributed by atoms with E-state index in [0.717, 1.165) is 6.42 Å². The molecule has 0 saturated heterocycles. The quantitative estimate of drug-likeness (QED) is 0.389. The molecule has 0 atom stereocenters. The highest BCUT2D eigenvalue weighted by Crippen LogP contribution is 2.34. The average molecular weight is 432 g/mol.